The van der Waals surface area contributed by atoms with Crippen LogP contribution >= 0.6 is 0 Å². The Morgan fingerprint density at radius 3 is 2.75 bits per heavy atom. The first kappa shape index (κ1) is 16.8. The molecular weight excluding hydrogens is 300 g/mol. The van der Waals surface area contributed by atoms with Crippen molar-refractivity contribution in [2.75, 3.05) is 6.61 Å². The largest absolute Gasteiger partial charge is 0.396 e. The molecule has 2 N–H and O–H groups in total. The van der Waals surface area contributed by atoms with Crippen molar-refractivity contribution in [1.82, 2.24) is 0 Å². The van der Waals surface area contributed by atoms with Gasteiger partial charge in [-0.15, -0.1) is 0 Å². The summed E-state index contributed by atoms with van der Waals surface area (Å²) in [5.74, 6) is 2.33. The molecule has 0 bridgehead atoms. The molecule has 0 aliphatic heterocycles. The second-order valence-corrected chi connectivity index (χ2v) is 9.16. The van der Waals surface area contributed by atoms with Gasteiger partial charge >= 0.3 is 0 Å². The Morgan fingerprint density at radius 2 is 1.96 bits per heavy atom. The number of allylic oxidation sites excluding steroid dienone is 1. The van der Waals surface area contributed by atoms with Gasteiger partial charge in [-0.3, -0.25) is 4.79 Å². The van der Waals surface area contributed by atoms with E-state index in [2.05, 4.69) is 6.92 Å². The lowest BCUT2D eigenvalue weighted by molar-refractivity contribution is -0.118. The molecule has 0 heterocycles. The Bertz CT molecular complexity index is 553. The van der Waals surface area contributed by atoms with E-state index in [9.17, 15) is 15.0 Å². The molecule has 0 aromatic carbocycles. The highest BCUT2D eigenvalue weighted by atomic mass is 16.3. The van der Waals surface area contributed by atoms with E-state index in [0.717, 1.165) is 44.9 Å². The maximum atomic E-state index is 11.9. The van der Waals surface area contributed by atoms with Gasteiger partial charge in [0.05, 0.1) is 6.10 Å². The summed E-state index contributed by atoms with van der Waals surface area (Å²) in [6, 6.07) is 0. The summed E-state index contributed by atoms with van der Waals surface area (Å²) in [5, 5.41) is 20.1. The van der Waals surface area contributed by atoms with Crippen molar-refractivity contribution in [3.63, 3.8) is 0 Å². The van der Waals surface area contributed by atoms with Gasteiger partial charge in [0.1, 0.15) is 0 Å². The highest BCUT2D eigenvalue weighted by Gasteiger charge is 2.60. The van der Waals surface area contributed by atoms with Gasteiger partial charge < -0.3 is 10.2 Å². The Kier molecular flexibility index (Phi) is 4.16. The number of fused-ring (bicyclic) bond motifs is 5. The fraction of sp³-hybridized carbons (Fsp3) is 0.857. The van der Waals surface area contributed by atoms with E-state index in [1.54, 1.807) is 0 Å². The number of ketones is 1. The van der Waals surface area contributed by atoms with Crippen LogP contribution < -0.4 is 0 Å². The Labute approximate surface area is 145 Å². The molecule has 0 spiro atoms. The predicted molar refractivity (Wildman–Crippen MR) is 93.4 cm³/mol. The van der Waals surface area contributed by atoms with Crippen molar-refractivity contribution in [3.8, 4) is 0 Å². The lowest BCUT2D eigenvalue weighted by Gasteiger charge is -2.58. The zero-order valence-corrected chi connectivity index (χ0v) is 15.0. The van der Waals surface area contributed by atoms with Gasteiger partial charge in [-0.2, -0.15) is 0 Å². The van der Waals surface area contributed by atoms with E-state index in [0.29, 0.717) is 30.0 Å². The highest BCUT2D eigenvalue weighted by Crippen LogP contribution is 2.66. The molecule has 6 atom stereocenters. The van der Waals surface area contributed by atoms with Crippen molar-refractivity contribution >= 4 is 5.78 Å². The number of aliphatic hydroxyl groups excluding tert-OH is 2. The van der Waals surface area contributed by atoms with E-state index in [-0.39, 0.29) is 23.5 Å². The topological polar surface area (TPSA) is 57.5 Å². The molecule has 3 unspecified atom stereocenters. The van der Waals surface area contributed by atoms with Crippen molar-refractivity contribution in [1.29, 1.82) is 0 Å². The normalized spacial score (nSPS) is 47.6. The maximum Gasteiger partial charge on any atom is 0.155 e. The quantitative estimate of drug-likeness (QED) is 0.830. The van der Waals surface area contributed by atoms with Crippen LogP contribution in [0.15, 0.2) is 11.6 Å². The van der Waals surface area contributed by atoms with Gasteiger partial charge in [0.2, 0.25) is 0 Å². The first-order chi connectivity index (χ1) is 11.5. The average Bonchev–Trinajstić information content (AvgIpc) is 2.91. The Hall–Kier alpha value is -0.670. The van der Waals surface area contributed by atoms with Crippen molar-refractivity contribution in [3.05, 3.63) is 11.6 Å². The van der Waals surface area contributed by atoms with Gasteiger partial charge in [-0.1, -0.05) is 12.5 Å². The molecule has 0 aromatic heterocycles. The van der Waals surface area contributed by atoms with Crippen LogP contribution in [0.25, 0.3) is 0 Å². The maximum absolute atomic E-state index is 11.9. The van der Waals surface area contributed by atoms with E-state index in [1.165, 1.54) is 18.4 Å². The molecule has 4 aliphatic carbocycles. The standard InChI is InChI=1S/C21H32O3/c1-20-10-7-15(23)13-14(20)3-4-16-17(20)8-11-21(9-2-12-22)18(16)5-6-19(21)24/h13,16-19,22,24H,2-12H2,1H3/t16?,17?,18?,19-,20-,21-/m0/s1. The Balaban J connectivity index is 1.64. The lowest BCUT2D eigenvalue weighted by Crippen LogP contribution is -2.52. The summed E-state index contributed by atoms with van der Waals surface area (Å²) in [4.78, 5) is 11.9. The summed E-state index contributed by atoms with van der Waals surface area (Å²) in [5.41, 5.74) is 1.70. The smallest absolute Gasteiger partial charge is 0.155 e. The number of rotatable bonds is 3. The van der Waals surface area contributed by atoms with Crippen LogP contribution in [-0.4, -0.2) is 28.7 Å². The molecule has 3 fully saturated rings. The second kappa shape index (κ2) is 5.95. The minimum Gasteiger partial charge on any atom is -0.396 e. The molecule has 24 heavy (non-hydrogen) atoms. The van der Waals surface area contributed by atoms with Crippen molar-refractivity contribution in [2.45, 2.75) is 77.2 Å². The van der Waals surface area contributed by atoms with Crippen LogP contribution in [0.5, 0.6) is 0 Å². The minimum absolute atomic E-state index is 0.0615. The average molecular weight is 332 g/mol. The highest BCUT2D eigenvalue weighted by molar-refractivity contribution is 5.91. The van der Waals surface area contributed by atoms with Crippen LogP contribution in [0.1, 0.15) is 71.1 Å². The fourth-order valence-corrected chi connectivity index (χ4v) is 7.23. The zero-order chi connectivity index (χ0) is 16.9. The summed E-state index contributed by atoms with van der Waals surface area (Å²) < 4.78 is 0. The Morgan fingerprint density at radius 1 is 1.12 bits per heavy atom. The zero-order valence-electron chi connectivity index (χ0n) is 15.0. The van der Waals surface area contributed by atoms with Gasteiger partial charge in [-0.25, -0.2) is 0 Å². The van der Waals surface area contributed by atoms with Crippen molar-refractivity contribution < 1.29 is 15.0 Å². The third kappa shape index (κ3) is 2.27. The van der Waals surface area contributed by atoms with E-state index in [1.807, 2.05) is 6.08 Å². The first-order valence-electron chi connectivity index (χ1n) is 10.0. The SMILES string of the molecule is C[C@]12CCC(=O)C=C1CCC1C3CC[C@H](O)[C@@]3(CCCO)CCC12. The van der Waals surface area contributed by atoms with E-state index < -0.39 is 0 Å². The molecule has 3 saturated carbocycles. The molecular formula is C21H32O3. The minimum atomic E-state index is -0.173. The van der Waals surface area contributed by atoms with Crippen LogP contribution in [0.3, 0.4) is 0 Å². The van der Waals surface area contributed by atoms with E-state index >= 15 is 0 Å². The number of carbonyl (C=O) groups is 1. The summed E-state index contributed by atoms with van der Waals surface area (Å²) in [6.07, 6.45) is 12.0. The number of carbonyl (C=O) groups excluding carboxylic acids is 1. The van der Waals surface area contributed by atoms with Gasteiger partial charge in [0, 0.05) is 13.0 Å². The lowest BCUT2D eigenvalue weighted by atomic mass is 9.46. The predicted octanol–water partition coefficient (Wildman–Crippen LogP) is 3.63. The van der Waals surface area contributed by atoms with Gasteiger partial charge in [0.25, 0.3) is 0 Å². The van der Waals surface area contributed by atoms with Crippen LogP contribution in [0.2, 0.25) is 0 Å². The van der Waals surface area contributed by atoms with Crippen LogP contribution in [-0.2, 0) is 4.79 Å². The molecule has 4 rings (SSSR count). The number of hydrogen-bond donors (Lipinski definition) is 2. The summed E-state index contributed by atoms with van der Waals surface area (Å²) >= 11 is 0. The van der Waals surface area contributed by atoms with Crippen LogP contribution in [0, 0.1) is 28.6 Å². The van der Waals surface area contributed by atoms with Crippen LogP contribution in [0.4, 0.5) is 0 Å². The number of hydrogen-bond acceptors (Lipinski definition) is 3. The molecule has 134 valence electrons. The molecule has 3 nitrogen and oxygen atoms in total. The first-order valence-corrected chi connectivity index (χ1v) is 10.0. The third-order valence-electron chi connectivity index (χ3n) is 8.43. The number of aliphatic hydroxyl groups is 2. The monoisotopic (exact) mass is 332 g/mol. The van der Waals surface area contributed by atoms with Gasteiger partial charge in [0.15, 0.2) is 5.78 Å². The summed E-state index contributed by atoms with van der Waals surface area (Å²) in [6.45, 7) is 2.65. The molecule has 0 aromatic rings. The molecule has 0 radical (unpaired) electrons. The van der Waals surface area contributed by atoms with Crippen molar-refractivity contribution in [2.24, 2.45) is 28.6 Å². The molecule has 0 saturated heterocycles. The molecule has 4 aliphatic rings. The molecule has 0 amide bonds. The second-order valence-electron chi connectivity index (χ2n) is 9.16. The summed E-state index contributed by atoms with van der Waals surface area (Å²) in [7, 11) is 0. The molecule has 3 heteroatoms. The fourth-order valence-electron chi connectivity index (χ4n) is 7.23. The third-order valence-corrected chi connectivity index (χ3v) is 8.43. The van der Waals surface area contributed by atoms with E-state index in [4.69, 9.17) is 0 Å². The van der Waals surface area contributed by atoms with Gasteiger partial charge in [-0.05, 0) is 92.4 Å².